The second-order valence-electron chi connectivity index (χ2n) is 4.48. The summed E-state index contributed by atoms with van der Waals surface area (Å²) < 4.78 is 26.9. The second kappa shape index (κ2) is 6.29. The number of nitrogens with one attached hydrogen (secondary N) is 1. The van der Waals surface area contributed by atoms with Crippen molar-refractivity contribution in [3.8, 4) is 0 Å². The van der Waals surface area contributed by atoms with Gasteiger partial charge in [-0.1, -0.05) is 18.2 Å². The first-order chi connectivity index (χ1) is 8.38. The largest absolute Gasteiger partial charge is 0.326 e. The number of hydrogen-bond donors (Lipinski definition) is 2. The Balaban J connectivity index is 2.87. The molecular formula is C12H21N3O2S. The Labute approximate surface area is 109 Å². The number of likely N-dealkylation sites (N-methyl/N-ethyl adjacent to an activating group) is 1. The minimum Gasteiger partial charge on any atom is -0.326 e. The minimum atomic E-state index is -3.49. The first-order valence-electron chi connectivity index (χ1n) is 5.82. The summed E-state index contributed by atoms with van der Waals surface area (Å²) in [6.45, 7) is 2.53. The van der Waals surface area contributed by atoms with Crippen molar-refractivity contribution in [3.63, 3.8) is 0 Å². The standard InChI is InChI=1S/C12H21N3O2S/c1-10(15(2)3)9-14-18(16,17)12-7-5-4-6-11(12)8-13/h4-7,10,14H,8-9,13H2,1-3H3. The molecule has 1 aromatic rings. The predicted octanol–water partition coefficient (Wildman–Crippen LogP) is 0.374. The molecule has 1 rings (SSSR count). The molecule has 0 radical (unpaired) electrons. The molecule has 0 spiro atoms. The zero-order valence-corrected chi connectivity index (χ0v) is 11.9. The highest BCUT2D eigenvalue weighted by molar-refractivity contribution is 7.89. The van der Waals surface area contributed by atoms with Crippen LogP contribution in [-0.2, 0) is 16.6 Å². The molecule has 0 aliphatic carbocycles. The fourth-order valence-corrected chi connectivity index (χ4v) is 2.80. The predicted molar refractivity (Wildman–Crippen MR) is 72.7 cm³/mol. The molecule has 0 aromatic heterocycles. The summed E-state index contributed by atoms with van der Waals surface area (Å²) >= 11 is 0. The summed E-state index contributed by atoms with van der Waals surface area (Å²) in [7, 11) is 0.331. The van der Waals surface area contributed by atoms with Crippen LogP contribution in [-0.4, -0.2) is 40.0 Å². The van der Waals surface area contributed by atoms with Crippen LogP contribution < -0.4 is 10.5 Å². The van der Waals surface area contributed by atoms with Crippen LogP contribution in [0.2, 0.25) is 0 Å². The van der Waals surface area contributed by atoms with Gasteiger partial charge >= 0.3 is 0 Å². The lowest BCUT2D eigenvalue weighted by molar-refractivity contribution is 0.314. The fraction of sp³-hybridized carbons (Fsp3) is 0.500. The highest BCUT2D eigenvalue weighted by Gasteiger charge is 2.18. The summed E-state index contributed by atoms with van der Waals surface area (Å²) in [4.78, 5) is 2.22. The third-order valence-electron chi connectivity index (χ3n) is 2.93. The van der Waals surface area contributed by atoms with Crippen molar-refractivity contribution in [1.82, 2.24) is 9.62 Å². The van der Waals surface area contributed by atoms with Gasteiger partial charge in [-0.25, -0.2) is 13.1 Å². The molecule has 1 unspecified atom stereocenters. The Bertz CT molecular complexity index is 486. The van der Waals surface area contributed by atoms with E-state index in [1.807, 2.05) is 25.9 Å². The molecule has 6 heteroatoms. The molecule has 0 aliphatic heterocycles. The van der Waals surface area contributed by atoms with Crippen molar-refractivity contribution in [3.05, 3.63) is 29.8 Å². The Kier molecular flexibility index (Phi) is 5.28. The van der Waals surface area contributed by atoms with Crippen LogP contribution in [0, 0.1) is 0 Å². The van der Waals surface area contributed by atoms with Crippen molar-refractivity contribution in [1.29, 1.82) is 0 Å². The first kappa shape index (κ1) is 15.1. The molecule has 0 amide bonds. The average Bonchev–Trinajstić information content (AvgIpc) is 2.35. The third-order valence-corrected chi connectivity index (χ3v) is 4.46. The molecule has 0 heterocycles. The van der Waals surface area contributed by atoms with Crippen LogP contribution in [0.4, 0.5) is 0 Å². The van der Waals surface area contributed by atoms with Gasteiger partial charge in [0.1, 0.15) is 0 Å². The summed E-state index contributed by atoms with van der Waals surface area (Å²) in [5.74, 6) is 0. The molecule has 1 atom stereocenters. The van der Waals surface area contributed by atoms with Gasteiger partial charge in [0.15, 0.2) is 0 Å². The Morgan fingerprint density at radius 2 is 1.94 bits per heavy atom. The molecule has 3 N–H and O–H groups in total. The Hall–Kier alpha value is -0.950. The molecule has 18 heavy (non-hydrogen) atoms. The molecule has 0 bridgehead atoms. The third kappa shape index (κ3) is 3.78. The summed E-state index contributed by atoms with van der Waals surface area (Å²) in [5, 5.41) is 0. The maximum atomic E-state index is 12.2. The number of nitrogens with two attached hydrogens (primary N) is 1. The van der Waals surface area contributed by atoms with Crippen molar-refractivity contribution in [2.24, 2.45) is 5.73 Å². The molecule has 5 nitrogen and oxygen atoms in total. The van der Waals surface area contributed by atoms with Crippen LogP contribution >= 0.6 is 0 Å². The molecule has 102 valence electrons. The van der Waals surface area contributed by atoms with E-state index in [4.69, 9.17) is 5.73 Å². The van der Waals surface area contributed by atoms with Gasteiger partial charge in [0.2, 0.25) is 10.0 Å². The molecular weight excluding hydrogens is 250 g/mol. The van der Waals surface area contributed by atoms with Gasteiger partial charge in [0.05, 0.1) is 4.90 Å². The number of benzene rings is 1. The van der Waals surface area contributed by atoms with E-state index >= 15 is 0 Å². The van der Waals surface area contributed by atoms with Gasteiger partial charge in [-0.2, -0.15) is 0 Å². The number of rotatable bonds is 6. The Morgan fingerprint density at radius 3 is 2.50 bits per heavy atom. The highest BCUT2D eigenvalue weighted by atomic mass is 32.2. The lowest BCUT2D eigenvalue weighted by Gasteiger charge is -2.20. The number of sulfonamides is 1. The zero-order valence-electron chi connectivity index (χ0n) is 11.1. The first-order valence-corrected chi connectivity index (χ1v) is 7.31. The second-order valence-corrected chi connectivity index (χ2v) is 6.21. The van der Waals surface area contributed by atoms with Crippen molar-refractivity contribution in [2.45, 2.75) is 24.4 Å². The minimum absolute atomic E-state index is 0.129. The van der Waals surface area contributed by atoms with E-state index in [0.29, 0.717) is 12.1 Å². The van der Waals surface area contributed by atoms with E-state index < -0.39 is 10.0 Å². The number of nitrogens with zero attached hydrogens (tertiary/aromatic N) is 1. The van der Waals surface area contributed by atoms with Gasteiger partial charge in [-0.3, -0.25) is 0 Å². The summed E-state index contributed by atoms with van der Waals surface area (Å²) in [6.07, 6.45) is 0. The van der Waals surface area contributed by atoms with Crippen LogP contribution in [0.5, 0.6) is 0 Å². The maximum absolute atomic E-state index is 12.2. The quantitative estimate of drug-likeness (QED) is 0.784. The maximum Gasteiger partial charge on any atom is 0.240 e. The van der Waals surface area contributed by atoms with Gasteiger partial charge in [-0.05, 0) is 32.6 Å². The van der Waals surface area contributed by atoms with Gasteiger partial charge in [-0.15, -0.1) is 0 Å². The van der Waals surface area contributed by atoms with Gasteiger partial charge in [0.25, 0.3) is 0 Å². The van der Waals surface area contributed by atoms with Gasteiger partial charge in [0, 0.05) is 19.1 Å². The van der Waals surface area contributed by atoms with E-state index in [9.17, 15) is 8.42 Å². The highest BCUT2D eigenvalue weighted by Crippen LogP contribution is 2.14. The smallest absolute Gasteiger partial charge is 0.240 e. The van der Waals surface area contributed by atoms with Crippen molar-refractivity contribution in [2.75, 3.05) is 20.6 Å². The zero-order chi connectivity index (χ0) is 13.8. The monoisotopic (exact) mass is 271 g/mol. The average molecular weight is 271 g/mol. The Morgan fingerprint density at radius 1 is 1.33 bits per heavy atom. The van der Waals surface area contributed by atoms with Crippen molar-refractivity contribution < 1.29 is 8.42 Å². The lowest BCUT2D eigenvalue weighted by atomic mass is 10.2. The van der Waals surface area contributed by atoms with Crippen LogP contribution in [0.3, 0.4) is 0 Å². The topological polar surface area (TPSA) is 75.4 Å². The SMILES string of the molecule is CC(CNS(=O)(=O)c1ccccc1CN)N(C)C. The van der Waals surface area contributed by atoms with E-state index in [1.54, 1.807) is 24.3 Å². The summed E-state index contributed by atoms with van der Waals surface area (Å²) in [6, 6.07) is 6.91. The summed E-state index contributed by atoms with van der Waals surface area (Å²) in [5.41, 5.74) is 6.18. The molecule has 0 fully saturated rings. The van der Waals surface area contributed by atoms with E-state index in [2.05, 4.69) is 4.72 Å². The normalized spacial score (nSPS) is 13.8. The van der Waals surface area contributed by atoms with Crippen LogP contribution in [0.1, 0.15) is 12.5 Å². The molecule has 1 aromatic carbocycles. The fourth-order valence-electron chi connectivity index (χ4n) is 1.43. The molecule has 0 aliphatic rings. The lowest BCUT2D eigenvalue weighted by Crippen LogP contribution is -2.38. The van der Waals surface area contributed by atoms with Crippen molar-refractivity contribution >= 4 is 10.0 Å². The van der Waals surface area contributed by atoms with Gasteiger partial charge < -0.3 is 10.6 Å². The number of hydrogen-bond acceptors (Lipinski definition) is 4. The molecule has 0 saturated heterocycles. The van der Waals surface area contributed by atoms with Crippen LogP contribution in [0.15, 0.2) is 29.2 Å². The van der Waals surface area contributed by atoms with Crippen LogP contribution in [0.25, 0.3) is 0 Å². The molecule has 0 saturated carbocycles. The van der Waals surface area contributed by atoms with E-state index in [0.717, 1.165) is 0 Å². The van der Waals surface area contributed by atoms with E-state index in [1.165, 1.54) is 0 Å². The van der Waals surface area contributed by atoms with E-state index in [-0.39, 0.29) is 17.5 Å².